The molecule has 0 aromatic heterocycles. The molecule has 0 radical (unpaired) electrons. The molecule has 0 bridgehead atoms. The van der Waals surface area contributed by atoms with Gasteiger partial charge in [-0.05, 0) is 38.0 Å². The second kappa shape index (κ2) is 8.53. The Morgan fingerprint density at radius 1 is 1.27 bits per heavy atom. The van der Waals surface area contributed by atoms with E-state index in [0.29, 0.717) is 30.0 Å². The van der Waals surface area contributed by atoms with Crippen molar-refractivity contribution < 1.29 is 27.5 Å². The third-order valence-corrected chi connectivity index (χ3v) is 6.11. The highest BCUT2D eigenvalue weighted by Gasteiger charge is 2.34. The first-order chi connectivity index (χ1) is 12.3. The van der Waals surface area contributed by atoms with E-state index in [0.717, 1.165) is 6.42 Å². The van der Waals surface area contributed by atoms with E-state index in [1.165, 1.54) is 14.0 Å². The van der Waals surface area contributed by atoms with Crippen LogP contribution in [0, 0.1) is 0 Å². The molecule has 8 heteroatoms. The molecule has 0 unspecified atom stereocenters. The van der Waals surface area contributed by atoms with E-state index >= 15 is 0 Å². The Hall–Kier alpha value is -2.09. The SMILES string of the molecule is CCCN(C(=O)COc1ccc(C(C)=O)cc1OC)[C@@H]1CCS(=O)(=O)C1. The summed E-state index contributed by atoms with van der Waals surface area (Å²) in [4.78, 5) is 25.6. The molecule has 1 saturated heterocycles. The lowest BCUT2D eigenvalue weighted by atomic mass is 10.1. The summed E-state index contributed by atoms with van der Waals surface area (Å²) in [5, 5.41) is 0. The zero-order chi connectivity index (χ0) is 19.3. The smallest absolute Gasteiger partial charge is 0.260 e. The lowest BCUT2D eigenvalue weighted by molar-refractivity contribution is -0.135. The van der Waals surface area contributed by atoms with Gasteiger partial charge in [0, 0.05) is 18.2 Å². The molecule has 0 saturated carbocycles. The summed E-state index contributed by atoms with van der Waals surface area (Å²) >= 11 is 0. The average Bonchev–Trinajstić information content (AvgIpc) is 2.96. The Bertz CT molecular complexity index is 774. The molecule has 0 N–H and O–H groups in total. The first-order valence-corrected chi connectivity index (χ1v) is 10.4. The van der Waals surface area contributed by atoms with Crippen molar-refractivity contribution in [3.05, 3.63) is 23.8 Å². The van der Waals surface area contributed by atoms with Crippen molar-refractivity contribution in [2.75, 3.05) is 31.8 Å². The van der Waals surface area contributed by atoms with Crippen LogP contribution >= 0.6 is 0 Å². The number of sulfone groups is 1. The van der Waals surface area contributed by atoms with Crippen molar-refractivity contribution in [1.82, 2.24) is 4.90 Å². The fourth-order valence-corrected chi connectivity index (χ4v) is 4.73. The third-order valence-electron chi connectivity index (χ3n) is 4.36. The Balaban J connectivity index is 2.07. The molecule has 1 heterocycles. The molecule has 1 aliphatic heterocycles. The summed E-state index contributed by atoms with van der Waals surface area (Å²) in [6.07, 6.45) is 1.20. The molecule has 26 heavy (non-hydrogen) atoms. The number of hydrogen-bond donors (Lipinski definition) is 0. The van der Waals surface area contributed by atoms with Crippen molar-refractivity contribution in [1.29, 1.82) is 0 Å². The maximum absolute atomic E-state index is 12.6. The molecule has 1 atom stereocenters. The predicted octanol–water partition coefficient (Wildman–Crippen LogP) is 1.70. The molecule has 0 spiro atoms. The minimum absolute atomic E-state index is 0.00930. The van der Waals surface area contributed by atoms with Crippen molar-refractivity contribution in [2.24, 2.45) is 0 Å². The van der Waals surface area contributed by atoms with Crippen LogP contribution in [0.1, 0.15) is 37.0 Å². The highest BCUT2D eigenvalue weighted by Crippen LogP contribution is 2.28. The van der Waals surface area contributed by atoms with Crippen LogP contribution in [-0.2, 0) is 14.6 Å². The zero-order valence-electron chi connectivity index (χ0n) is 15.4. The van der Waals surface area contributed by atoms with Gasteiger partial charge in [0.1, 0.15) is 0 Å². The van der Waals surface area contributed by atoms with Gasteiger partial charge in [-0.2, -0.15) is 0 Å². The van der Waals surface area contributed by atoms with Crippen molar-refractivity contribution in [3.8, 4) is 11.5 Å². The topological polar surface area (TPSA) is 90.0 Å². The lowest BCUT2D eigenvalue weighted by Crippen LogP contribution is -2.44. The maximum atomic E-state index is 12.6. The van der Waals surface area contributed by atoms with Gasteiger partial charge >= 0.3 is 0 Å². The fraction of sp³-hybridized carbons (Fsp3) is 0.556. The van der Waals surface area contributed by atoms with Crippen molar-refractivity contribution >= 4 is 21.5 Å². The number of nitrogens with zero attached hydrogens (tertiary/aromatic N) is 1. The molecule has 7 nitrogen and oxygen atoms in total. The zero-order valence-corrected chi connectivity index (χ0v) is 16.2. The van der Waals surface area contributed by atoms with E-state index in [1.807, 2.05) is 6.92 Å². The standard InChI is InChI=1S/C18H25NO6S/c1-4-8-19(15-7-9-26(22,23)12-15)18(21)11-25-16-6-5-14(13(2)20)10-17(16)24-3/h5-6,10,15H,4,7-9,11-12H2,1-3H3/t15-/m1/s1. The summed E-state index contributed by atoms with van der Waals surface area (Å²) in [5.41, 5.74) is 0.490. The van der Waals surface area contributed by atoms with Gasteiger partial charge in [0.25, 0.3) is 5.91 Å². The third kappa shape index (κ3) is 4.97. The van der Waals surface area contributed by atoms with E-state index in [9.17, 15) is 18.0 Å². The predicted molar refractivity (Wildman–Crippen MR) is 97.6 cm³/mol. The normalized spacial score (nSPS) is 18.3. The highest BCUT2D eigenvalue weighted by molar-refractivity contribution is 7.91. The van der Waals surface area contributed by atoms with Gasteiger partial charge in [-0.3, -0.25) is 9.59 Å². The average molecular weight is 383 g/mol. The van der Waals surface area contributed by atoms with Crippen molar-refractivity contribution in [3.63, 3.8) is 0 Å². The number of Topliss-reactive ketones (excluding diaryl/α,β-unsaturated/α-hetero) is 1. The van der Waals surface area contributed by atoms with E-state index in [-0.39, 0.29) is 35.8 Å². The molecular formula is C18H25NO6S. The highest BCUT2D eigenvalue weighted by atomic mass is 32.2. The summed E-state index contributed by atoms with van der Waals surface area (Å²) < 4.78 is 34.2. The second-order valence-electron chi connectivity index (χ2n) is 6.35. The minimum Gasteiger partial charge on any atom is -0.493 e. The maximum Gasteiger partial charge on any atom is 0.260 e. The number of ketones is 1. The minimum atomic E-state index is -3.07. The molecule has 1 amide bonds. The number of hydrogen-bond acceptors (Lipinski definition) is 6. The summed E-state index contributed by atoms with van der Waals surface area (Å²) in [6.45, 7) is 3.67. The van der Waals surface area contributed by atoms with Crippen LogP contribution in [0.4, 0.5) is 0 Å². The monoisotopic (exact) mass is 383 g/mol. The molecular weight excluding hydrogens is 358 g/mol. The van der Waals surface area contributed by atoms with Gasteiger partial charge in [-0.15, -0.1) is 0 Å². The van der Waals surface area contributed by atoms with Crippen LogP contribution in [0.2, 0.25) is 0 Å². The number of ether oxygens (including phenoxy) is 2. The van der Waals surface area contributed by atoms with Crippen LogP contribution in [0.3, 0.4) is 0 Å². The summed E-state index contributed by atoms with van der Waals surface area (Å²) in [7, 11) is -1.61. The quantitative estimate of drug-likeness (QED) is 0.635. The molecule has 0 aliphatic carbocycles. The molecule has 2 rings (SSSR count). The number of methoxy groups -OCH3 is 1. The molecule has 1 fully saturated rings. The Labute approximate surface area is 154 Å². The number of carbonyl (C=O) groups is 2. The number of rotatable bonds is 8. The number of carbonyl (C=O) groups excluding carboxylic acids is 2. The molecule has 1 aromatic carbocycles. The fourth-order valence-electron chi connectivity index (χ4n) is 3.00. The summed E-state index contributed by atoms with van der Waals surface area (Å²) in [6, 6.07) is 4.47. The first-order valence-electron chi connectivity index (χ1n) is 8.59. The van der Waals surface area contributed by atoms with E-state index in [2.05, 4.69) is 0 Å². The van der Waals surface area contributed by atoms with Crippen LogP contribution in [0.25, 0.3) is 0 Å². The van der Waals surface area contributed by atoms with Crippen LogP contribution < -0.4 is 9.47 Å². The summed E-state index contributed by atoms with van der Waals surface area (Å²) in [5.74, 6) is 0.508. The van der Waals surface area contributed by atoms with Crippen LogP contribution in [0.15, 0.2) is 18.2 Å². The van der Waals surface area contributed by atoms with Crippen LogP contribution in [0.5, 0.6) is 11.5 Å². The van der Waals surface area contributed by atoms with Gasteiger partial charge in [-0.25, -0.2) is 8.42 Å². The van der Waals surface area contributed by atoms with Crippen molar-refractivity contribution in [2.45, 2.75) is 32.7 Å². The van der Waals surface area contributed by atoms with E-state index < -0.39 is 9.84 Å². The Morgan fingerprint density at radius 2 is 2.00 bits per heavy atom. The molecule has 1 aromatic rings. The largest absolute Gasteiger partial charge is 0.493 e. The van der Waals surface area contributed by atoms with Gasteiger partial charge < -0.3 is 14.4 Å². The van der Waals surface area contributed by atoms with Gasteiger partial charge in [-0.1, -0.05) is 6.92 Å². The van der Waals surface area contributed by atoms with Gasteiger partial charge in [0.2, 0.25) is 0 Å². The van der Waals surface area contributed by atoms with E-state index in [4.69, 9.17) is 9.47 Å². The second-order valence-corrected chi connectivity index (χ2v) is 8.58. The van der Waals surface area contributed by atoms with Gasteiger partial charge in [0.05, 0.1) is 18.6 Å². The Morgan fingerprint density at radius 3 is 2.54 bits per heavy atom. The number of amides is 1. The molecule has 144 valence electrons. The lowest BCUT2D eigenvalue weighted by Gasteiger charge is -2.28. The van der Waals surface area contributed by atoms with E-state index in [1.54, 1.807) is 23.1 Å². The van der Waals surface area contributed by atoms with Gasteiger partial charge in [0.15, 0.2) is 33.7 Å². The molecule has 1 aliphatic rings. The number of benzene rings is 1. The van der Waals surface area contributed by atoms with Crippen LogP contribution in [-0.4, -0.2) is 62.8 Å². The Kier molecular flexibility index (Phi) is 6.63. The first kappa shape index (κ1) is 20.2.